The van der Waals surface area contributed by atoms with Gasteiger partial charge >= 0.3 is 0 Å². The fourth-order valence-electron chi connectivity index (χ4n) is 5.21. The molecular weight excluding hydrogens is 467 g/mol. The number of piperidine rings is 1. The van der Waals surface area contributed by atoms with Crippen molar-refractivity contribution in [2.75, 3.05) is 57.3 Å². The number of halogens is 1. The topological polar surface area (TPSA) is 83.8 Å². The summed E-state index contributed by atoms with van der Waals surface area (Å²) in [6, 6.07) is 6.88. The van der Waals surface area contributed by atoms with Crippen molar-refractivity contribution in [2.24, 2.45) is 5.41 Å². The summed E-state index contributed by atoms with van der Waals surface area (Å²) in [5, 5.41) is 10.2. The molecule has 1 aromatic heterocycles. The summed E-state index contributed by atoms with van der Waals surface area (Å²) in [6.45, 7) is 6.95. The Bertz CT molecular complexity index is 1180. The lowest BCUT2D eigenvalue weighted by atomic mass is 9.81. The number of carbonyl (C=O) groups is 1. The zero-order chi connectivity index (χ0) is 24.6. The van der Waals surface area contributed by atoms with Crippen LogP contribution < -0.4 is 4.90 Å². The van der Waals surface area contributed by atoms with Gasteiger partial charge in [0.1, 0.15) is 5.82 Å². The number of aromatic nitrogens is 1. The zero-order valence-corrected chi connectivity index (χ0v) is 20.9. The minimum absolute atomic E-state index is 0.140. The SMILES string of the molecule is CC1(C#N)CCN(c2c(C(=O)N3CCN(S(=O)N4CCCC4)CC3)cnc3ccc(F)cc23)CC1. The Balaban J connectivity index is 1.40. The van der Waals surface area contributed by atoms with E-state index in [0.717, 1.165) is 25.9 Å². The van der Waals surface area contributed by atoms with Crippen molar-refractivity contribution in [3.05, 3.63) is 35.8 Å². The van der Waals surface area contributed by atoms with Crippen molar-refractivity contribution in [1.29, 1.82) is 5.26 Å². The average Bonchev–Trinajstić information content (AvgIpc) is 3.43. The van der Waals surface area contributed by atoms with Gasteiger partial charge in [0.25, 0.3) is 5.91 Å². The van der Waals surface area contributed by atoms with E-state index in [2.05, 4.69) is 16.0 Å². The number of fused-ring (bicyclic) bond motifs is 1. The molecule has 0 radical (unpaired) electrons. The molecule has 5 rings (SSSR count). The van der Waals surface area contributed by atoms with Gasteiger partial charge < -0.3 is 9.80 Å². The maximum absolute atomic E-state index is 14.3. The minimum Gasteiger partial charge on any atom is -0.370 e. The molecule has 3 aliphatic rings. The third-order valence-corrected chi connectivity index (χ3v) is 9.13. The van der Waals surface area contributed by atoms with Crippen LogP contribution in [0.3, 0.4) is 0 Å². The molecule has 35 heavy (non-hydrogen) atoms. The number of carbonyl (C=O) groups excluding carboxylic acids is 1. The normalized spacial score (nSPS) is 22.3. The second-order valence-corrected chi connectivity index (χ2v) is 11.4. The van der Waals surface area contributed by atoms with E-state index in [1.54, 1.807) is 17.2 Å². The van der Waals surface area contributed by atoms with E-state index in [4.69, 9.17) is 0 Å². The van der Waals surface area contributed by atoms with Gasteiger partial charge in [-0.3, -0.25) is 9.78 Å². The number of nitrogens with zero attached hydrogens (tertiary/aromatic N) is 6. The van der Waals surface area contributed by atoms with Gasteiger partial charge in [-0.2, -0.15) is 5.26 Å². The molecule has 3 aliphatic heterocycles. The lowest BCUT2D eigenvalue weighted by Crippen LogP contribution is -2.51. The molecule has 3 fully saturated rings. The molecule has 186 valence electrons. The highest BCUT2D eigenvalue weighted by Crippen LogP contribution is 2.37. The molecule has 8 nitrogen and oxygen atoms in total. The van der Waals surface area contributed by atoms with E-state index in [1.165, 1.54) is 12.1 Å². The largest absolute Gasteiger partial charge is 0.370 e. The van der Waals surface area contributed by atoms with Gasteiger partial charge in [0, 0.05) is 63.9 Å². The summed E-state index contributed by atoms with van der Waals surface area (Å²) in [5.74, 6) is -0.513. The van der Waals surface area contributed by atoms with Gasteiger partial charge in [-0.15, -0.1) is 0 Å². The van der Waals surface area contributed by atoms with Crippen molar-refractivity contribution in [3.63, 3.8) is 0 Å². The molecule has 1 atom stereocenters. The molecule has 1 unspecified atom stereocenters. The summed E-state index contributed by atoms with van der Waals surface area (Å²) >= 11 is -1.15. The van der Waals surface area contributed by atoms with Crippen LogP contribution in [0.5, 0.6) is 0 Å². The predicted octanol–water partition coefficient (Wildman–Crippen LogP) is 2.94. The second-order valence-electron chi connectivity index (χ2n) is 9.93. The number of piperazine rings is 1. The summed E-state index contributed by atoms with van der Waals surface area (Å²) in [4.78, 5) is 22.1. The Labute approximate surface area is 208 Å². The van der Waals surface area contributed by atoms with Crippen molar-refractivity contribution in [1.82, 2.24) is 18.5 Å². The zero-order valence-electron chi connectivity index (χ0n) is 20.1. The standard InChI is InChI=1S/C25H31FN6O2S/c1-25(18-27)6-10-29(11-7-25)23-20-16-19(26)4-5-22(20)28-17-21(23)24(33)30-12-14-32(15-13-30)35(34)31-8-2-3-9-31/h4-5,16-17H,2-3,6-15H2,1H3. The summed E-state index contributed by atoms with van der Waals surface area (Å²) < 4.78 is 31.1. The monoisotopic (exact) mass is 498 g/mol. The van der Waals surface area contributed by atoms with Gasteiger partial charge in [0.05, 0.1) is 28.3 Å². The summed E-state index contributed by atoms with van der Waals surface area (Å²) in [5.41, 5.74) is 1.40. The average molecular weight is 499 g/mol. The van der Waals surface area contributed by atoms with Gasteiger partial charge in [-0.25, -0.2) is 17.2 Å². The highest BCUT2D eigenvalue weighted by atomic mass is 32.2. The molecule has 10 heteroatoms. The van der Waals surface area contributed by atoms with Crippen LogP contribution in [0.1, 0.15) is 43.0 Å². The van der Waals surface area contributed by atoms with Crippen LogP contribution in [0.4, 0.5) is 10.1 Å². The molecule has 2 aromatic rings. The molecule has 0 aliphatic carbocycles. The van der Waals surface area contributed by atoms with E-state index >= 15 is 0 Å². The Morgan fingerprint density at radius 2 is 1.71 bits per heavy atom. The van der Waals surface area contributed by atoms with Crippen LogP contribution in [0, 0.1) is 22.6 Å². The second kappa shape index (κ2) is 9.80. The van der Waals surface area contributed by atoms with Gasteiger partial charge in [0.15, 0.2) is 11.2 Å². The Morgan fingerprint density at radius 3 is 2.37 bits per heavy atom. The van der Waals surface area contributed by atoms with E-state index in [0.29, 0.717) is 74.3 Å². The van der Waals surface area contributed by atoms with E-state index < -0.39 is 16.6 Å². The number of hydrogen-bond acceptors (Lipinski definition) is 5. The third kappa shape index (κ3) is 4.77. The Kier molecular flexibility index (Phi) is 6.75. The molecule has 1 amide bonds. The number of anilines is 1. The quantitative estimate of drug-likeness (QED) is 0.647. The molecule has 0 bridgehead atoms. The first kappa shape index (κ1) is 24.1. The van der Waals surface area contributed by atoms with E-state index in [9.17, 15) is 18.7 Å². The van der Waals surface area contributed by atoms with Crippen molar-refractivity contribution < 1.29 is 13.4 Å². The number of benzene rings is 1. The van der Waals surface area contributed by atoms with Crippen LogP contribution in [0.15, 0.2) is 24.4 Å². The minimum atomic E-state index is -1.15. The van der Waals surface area contributed by atoms with E-state index in [-0.39, 0.29) is 11.7 Å². The van der Waals surface area contributed by atoms with E-state index in [1.807, 2.05) is 15.5 Å². The number of nitriles is 1. The first-order valence-electron chi connectivity index (χ1n) is 12.3. The van der Waals surface area contributed by atoms with Gasteiger partial charge in [0.2, 0.25) is 0 Å². The highest BCUT2D eigenvalue weighted by Gasteiger charge is 2.34. The molecule has 0 saturated carbocycles. The third-order valence-electron chi connectivity index (χ3n) is 7.52. The summed E-state index contributed by atoms with van der Waals surface area (Å²) in [7, 11) is 0. The van der Waals surface area contributed by atoms with Crippen LogP contribution in [-0.4, -0.2) is 81.0 Å². The summed E-state index contributed by atoms with van der Waals surface area (Å²) in [6.07, 6.45) is 5.11. The van der Waals surface area contributed by atoms with Crippen LogP contribution in [0.25, 0.3) is 10.9 Å². The molecule has 0 N–H and O–H groups in total. The van der Waals surface area contributed by atoms with Gasteiger partial charge in [-0.1, -0.05) is 0 Å². The molecular formula is C25H31FN6O2S. The number of hydrogen-bond donors (Lipinski definition) is 0. The van der Waals surface area contributed by atoms with Crippen molar-refractivity contribution in [3.8, 4) is 6.07 Å². The first-order chi connectivity index (χ1) is 16.9. The maximum atomic E-state index is 14.3. The smallest absolute Gasteiger partial charge is 0.257 e. The fourth-order valence-corrected chi connectivity index (χ4v) is 6.58. The molecule has 1 aromatic carbocycles. The number of rotatable bonds is 4. The van der Waals surface area contributed by atoms with Crippen LogP contribution >= 0.6 is 0 Å². The lowest BCUT2D eigenvalue weighted by Gasteiger charge is -2.39. The Morgan fingerprint density at radius 1 is 1.06 bits per heavy atom. The molecule has 3 saturated heterocycles. The van der Waals surface area contributed by atoms with Crippen molar-refractivity contribution >= 4 is 33.7 Å². The highest BCUT2D eigenvalue weighted by molar-refractivity contribution is 7.80. The van der Waals surface area contributed by atoms with Crippen LogP contribution in [-0.2, 0) is 11.2 Å². The fraction of sp³-hybridized carbons (Fsp3) is 0.560. The Hall–Kier alpha value is -2.61. The van der Waals surface area contributed by atoms with Gasteiger partial charge in [-0.05, 0) is 50.8 Å². The molecule has 0 spiro atoms. The maximum Gasteiger partial charge on any atom is 0.257 e. The number of amides is 1. The van der Waals surface area contributed by atoms with Crippen LogP contribution in [0.2, 0.25) is 0 Å². The number of pyridine rings is 1. The first-order valence-corrected chi connectivity index (χ1v) is 13.4. The van der Waals surface area contributed by atoms with Crippen molar-refractivity contribution in [2.45, 2.75) is 32.6 Å². The predicted molar refractivity (Wildman–Crippen MR) is 133 cm³/mol. The molecule has 4 heterocycles. The lowest BCUT2D eigenvalue weighted by molar-refractivity contribution is 0.0699.